The van der Waals surface area contributed by atoms with Gasteiger partial charge >= 0.3 is 5.97 Å². The molecule has 0 aromatic heterocycles. The van der Waals surface area contributed by atoms with Crippen molar-refractivity contribution in [3.63, 3.8) is 0 Å². The summed E-state index contributed by atoms with van der Waals surface area (Å²) in [6, 6.07) is 8.22. The third-order valence-electron chi connectivity index (χ3n) is 3.32. The standard InChI is InChI=1S/C17H18O2/c1-4-8-14-13(5-2)17(11-19-12(3)18)16-10-7-6-9-15(14)16/h4-10,17H,2,11H2,1,3H3. The van der Waals surface area contributed by atoms with Gasteiger partial charge in [0.2, 0.25) is 0 Å². The quantitative estimate of drug-likeness (QED) is 0.763. The number of esters is 1. The van der Waals surface area contributed by atoms with Crippen LogP contribution in [0.2, 0.25) is 0 Å². The van der Waals surface area contributed by atoms with Gasteiger partial charge in [0.05, 0.1) is 0 Å². The number of carbonyl (C=O) groups is 1. The highest BCUT2D eigenvalue weighted by molar-refractivity contribution is 5.86. The highest BCUT2D eigenvalue weighted by Gasteiger charge is 2.28. The van der Waals surface area contributed by atoms with E-state index in [4.69, 9.17) is 4.74 Å². The molecule has 0 heterocycles. The molecule has 98 valence electrons. The second-order valence-electron chi connectivity index (χ2n) is 4.52. The average Bonchev–Trinajstić information content (AvgIpc) is 2.70. The fourth-order valence-electron chi connectivity index (χ4n) is 2.54. The number of ether oxygens (including phenoxy) is 1. The van der Waals surface area contributed by atoms with Gasteiger partial charge in [0.1, 0.15) is 6.61 Å². The van der Waals surface area contributed by atoms with Gasteiger partial charge in [-0.1, -0.05) is 49.1 Å². The lowest BCUT2D eigenvalue weighted by molar-refractivity contribution is -0.141. The fraction of sp³-hybridized carbons (Fsp3) is 0.235. The summed E-state index contributed by atoms with van der Waals surface area (Å²) in [6.45, 7) is 7.70. The first-order chi connectivity index (χ1) is 9.19. The number of fused-ring (bicyclic) bond motifs is 1. The molecule has 0 saturated carbocycles. The van der Waals surface area contributed by atoms with Crippen LogP contribution in [0.5, 0.6) is 0 Å². The monoisotopic (exact) mass is 254 g/mol. The van der Waals surface area contributed by atoms with Gasteiger partial charge in [-0.05, 0) is 29.2 Å². The topological polar surface area (TPSA) is 26.3 Å². The Morgan fingerprint density at radius 3 is 2.79 bits per heavy atom. The van der Waals surface area contributed by atoms with E-state index in [1.165, 1.54) is 23.6 Å². The highest BCUT2D eigenvalue weighted by atomic mass is 16.5. The van der Waals surface area contributed by atoms with Crippen LogP contribution in [0.3, 0.4) is 0 Å². The van der Waals surface area contributed by atoms with E-state index in [-0.39, 0.29) is 11.9 Å². The van der Waals surface area contributed by atoms with Crippen molar-refractivity contribution in [1.82, 2.24) is 0 Å². The molecule has 1 aromatic rings. The largest absolute Gasteiger partial charge is 0.465 e. The van der Waals surface area contributed by atoms with E-state index in [1.807, 2.05) is 31.2 Å². The van der Waals surface area contributed by atoms with Gasteiger partial charge in [-0.3, -0.25) is 4.79 Å². The Kier molecular flexibility index (Phi) is 4.00. The molecule has 1 unspecified atom stereocenters. The van der Waals surface area contributed by atoms with Crippen LogP contribution in [0.4, 0.5) is 0 Å². The molecule has 0 saturated heterocycles. The summed E-state index contributed by atoms with van der Waals surface area (Å²) in [7, 11) is 0. The number of benzene rings is 1. The van der Waals surface area contributed by atoms with E-state index in [9.17, 15) is 4.79 Å². The van der Waals surface area contributed by atoms with Gasteiger partial charge in [0.25, 0.3) is 0 Å². The van der Waals surface area contributed by atoms with Gasteiger partial charge in [0, 0.05) is 12.8 Å². The molecule has 0 amide bonds. The maximum Gasteiger partial charge on any atom is 0.302 e. The van der Waals surface area contributed by atoms with Gasteiger partial charge in [-0.25, -0.2) is 0 Å². The van der Waals surface area contributed by atoms with Crippen LogP contribution < -0.4 is 0 Å². The van der Waals surface area contributed by atoms with Crippen molar-refractivity contribution < 1.29 is 9.53 Å². The lowest BCUT2D eigenvalue weighted by Crippen LogP contribution is -2.10. The maximum atomic E-state index is 11.0. The molecule has 0 aliphatic heterocycles. The summed E-state index contributed by atoms with van der Waals surface area (Å²) in [4.78, 5) is 11.0. The van der Waals surface area contributed by atoms with Crippen LogP contribution in [-0.2, 0) is 9.53 Å². The molecule has 1 aliphatic rings. The molecule has 19 heavy (non-hydrogen) atoms. The van der Waals surface area contributed by atoms with E-state index < -0.39 is 0 Å². The predicted molar refractivity (Wildman–Crippen MR) is 77.7 cm³/mol. The van der Waals surface area contributed by atoms with Crippen molar-refractivity contribution in [1.29, 1.82) is 0 Å². The molecule has 0 bridgehead atoms. The van der Waals surface area contributed by atoms with Crippen molar-refractivity contribution in [2.75, 3.05) is 6.61 Å². The second kappa shape index (κ2) is 5.70. The summed E-state index contributed by atoms with van der Waals surface area (Å²) in [5.41, 5.74) is 4.70. The van der Waals surface area contributed by atoms with Crippen LogP contribution in [0.1, 0.15) is 30.9 Å². The molecule has 0 fully saturated rings. The van der Waals surface area contributed by atoms with E-state index >= 15 is 0 Å². The lowest BCUT2D eigenvalue weighted by atomic mass is 9.96. The number of allylic oxidation sites excluding steroid dienone is 4. The van der Waals surface area contributed by atoms with E-state index in [0.29, 0.717) is 6.61 Å². The number of hydrogen-bond donors (Lipinski definition) is 0. The van der Waals surface area contributed by atoms with Crippen LogP contribution in [0, 0.1) is 0 Å². The number of carbonyl (C=O) groups excluding carboxylic acids is 1. The average molecular weight is 254 g/mol. The van der Waals surface area contributed by atoms with Crippen LogP contribution in [0.15, 0.2) is 54.6 Å². The van der Waals surface area contributed by atoms with Crippen molar-refractivity contribution in [2.24, 2.45) is 0 Å². The molecule has 0 radical (unpaired) electrons. The zero-order valence-electron chi connectivity index (χ0n) is 11.3. The minimum absolute atomic E-state index is 0.0869. The summed E-state index contributed by atoms with van der Waals surface area (Å²) >= 11 is 0. The van der Waals surface area contributed by atoms with E-state index in [2.05, 4.69) is 24.8 Å². The minimum Gasteiger partial charge on any atom is -0.465 e. The smallest absolute Gasteiger partial charge is 0.302 e. The number of hydrogen-bond acceptors (Lipinski definition) is 2. The van der Waals surface area contributed by atoms with Crippen molar-refractivity contribution in [3.8, 4) is 0 Å². The number of rotatable bonds is 4. The Bertz CT molecular complexity index is 564. The molecule has 2 rings (SSSR count). The Morgan fingerprint density at radius 2 is 2.16 bits per heavy atom. The van der Waals surface area contributed by atoms with Crippen LogP contribution >= 0.6 is 0 Å². The van der Waals surface area contributed by atoms with Gasteiger partial charge < -0.3 is 4.74 Å². The normalized spacial score (nSPS) is 17.7. The zero-order valence-corrected chi connectivity index (χ0v) is 11.3. The molecule has 1 aliphatic carbocycles. The van der Waals surface area contributed by atoms with Crippen LogP contribution in [0.25, 0.3) is 5.57 Å². The Labute approximate surface area is 114 Å². The van der Waals surface area contributed by atoms with Crippen molar-refractivity contribution in [3.05, 3.63) is 65.8 Å². The highest BCUT2D eigenvalue weighted by Crippen LogP contribution is 2.43. The van der Waals surface area contributed by atoms with Gasteiger partial charge in [-0.2, -0.15) is 0 Å². The fourth-order valence-corrected chi connectivity index (χ4v) is 2.54. The second-order valence-corrected chi connectivity index (χ2v) is 4.52. The summed E-state index contributed by atoms with van der Waals surface area (Å²) < 4.78 is 5.20. The maximum absolute atomic E-state index is 11.0. The Hall–Kier alpha value is -2.09. The SMILES string of the molecule is C=CC1=C(C=CC)c2ccccc2C1COC(C)=O. The molecule has 2 nitrogen and oxygen atoms in total. The molecule has 1 atom stereocenters. The summed E-state index contributed by atoms with van der Waals surface area (Å²) in [5.74, 6) is -0.163. The van der Waals surface area contributed by atoms with Crippen LogP contribution in [-0.4, -0.2) is 12.6 Å². The van der Waals surface area contributed by atoms with Crippen molar-refractivity contribution >= 4 is 11.5 Å². The van der Waals surface area contributed by atoms with Gasteiger partial charge in [-0.15, -0.1) is 0 Å². The third-order valence-corrected chi connectivity index (χ3v) is 3.32. The lowest BCUT2D eigenvalue weighted by Gasteiger charge is -2.14. The first-order valence-corrected chi connectivity index (χ1v) is 6.41. The Balaban J connectivity index is 2.46. The molecule has 1 aromatic carbocycles. The molecular weight excluding hydrogens is 236 g/mol. The minimum atomic E-state index is -0.250. The molecule has 0 spiro atoms. The summed E-state index contributed by atoms with van der Waals surface area (Å²) in [5, 5.41) is 0. The van der Waals surface area contributed by atoms with E-state index in [1.54, 1.807) is 0 Å². The molecular formula is C17H18O2. The molecule has 0 N–H and O–H groups in total. The first kappa shape index (κ1) is 13.3. The predicted octanol–water partition coefficient (Wildman–Crippen LogP) is 3.86. The van der Waals surface area contributed by atoms with E-state index in [0.717, 1.165) is 5.57 Å². The Morgan fingerprint density at radius 1 is 1.42 bits per heavy atom. The zero-order chi connectivity index (χ0) is 13.8. The third kappa shape index (κ3) is 2.53. The van der Waals surface area contributed by atoms with Crippen molar-refractivity contribution in [2.45, 2.75) is 19.8 Å². The molecule has 2 heteroatoms. The van der Waals surface area contributed by atoms with Gasteiger partial charge in [0.15, 0.2) is 0 Å². The summed E-state index contributed by atoms with van der Waals surface area (Å²) in [6.07, 6.45) is 5.97. The first-order valence-electron chi connectivity index (χ1n) is 6.41.